The smallest absolute Gasteiger partial charge is 0.248 e. The number of amides is 1. The molecule has 2 aromatic carbocycles. The van der Waals surface area contributed by atoms with Crippen molar-refractivity contribution in [3.8, 4) is 0 Å². The third kappa shape index (κ3) is 4.13. The number of nitrogens with one attached hydrogen (secondary N) is 1. The van der Waals surface area contributed by atoms with Gasteiger partial charge in [0.1, 0.15) is 0 Å². The summed E-state index contributed by atoms with van der Waals surface area (Å²) < 4.78 is 0. The molecule has 0 atom stereocenters. The van der Waals surface area contributed by atoms with E-state index >= 15 is 0 Å². The van der Waals surface area contributed by atoms with Crippen molar-refractivity contribution in [3.05, 3.63) is 66.2 Å². The van der Waals surface area contributed by atoms with Crippen LogP contribution in [0.1, 0.15) is 11.1 Å². The first-order valence-electron chi connectivity index (χ1n) is 6.56. The van der Waals surface area contributed by atoms with E-state index in [9.17, 15) is 4.79 Å². The highest BCUT2D eigenvalue weighted by Crippen LogP contribution is 2.18. The molecule has 108 valence electrons. The Hall–Kier alpha value is -2.20. The van der Waals surface area contributed by atoms with Gasteiger partial charge in [0.15, 0.2) is 0 Å². The molecule has 2 aromatic rings. The second-order valence-corrected chi connectivity index (χ2v) is 5.50. The maximum Gasteiger partial charge on any atom is 0.248 e. The standard InChI is InChI=1S/C17H18N2OS/c1-12(17(18)20)14-5-3-13(4-6-14)11-19-15-7-9-16(21-2)10-8-15/h3-10,19H,1,11H2,2H3,(H2,18,20). The van der Waals surface area contributed by atoms with Crippen LogP contribution in [0.3, 0.4) is 0 Å². The number of primary amides is 1. The van der Waals surface area contributed by atoms with Crippen LogP contribution in [0.25, 0.3) is 5.57 Å². The molecule has 0 aliphatic carbocycles. The average molecular weight is 298 g/mol. The van der Waals surface area contributed by atoms with Crippen LogP contribution in [0.4, 0.5) is 5.69 Å². The molecule has 0 heterocycles. The number of benzene rings is 2. The lowest BCUT2D eigenvalue weighted by Crippen LogP contribution is -2.11. The first-order chi connectivity index (χ1) is 10.1. The van der Waals surface area contributed by atoms with Gasteiger partial charge in [-0.25, -0.2) is 0 Å². The average Bonchev–Trinajstić information content (AvgIpc) is 2.53. The summed E-state index contributed by atoms with van der Waals surface area (Å²) in [6.45, 7) is 4.40. The predicted molar refractivity (Wildman–Crippen MR) is 90.2 cm³/mol. The second-order valence-electron chi connectivity index (χ2n) is 4.62. The highest BCUT2D eigenvalue weighted by molar-refractivity contribution is 7.98. The SMILES string of the molecule is C=C(C(N)=O)c1ccc(CNc2ccc(SC)cc2)cc1. The van der Waals surface area contributed by atoms with Crippen molar-refractivity contribution >= 4 is 28.9 Å². The summed E-state index contributed by atoms with van der Waals surface area (Å²) in [6, 6.07) is 16.0. The quantitative estimate of drug-likeness (QED) is 0.634. The molecular formula is C17H18N2OS. The van der Waals surface area contributed by atoms with E-state index in [1.54, 1.807) is 11.8 Å². The molecule has 0 unspecified atom stereocenters. The molecule has 3 N–H and O–H groups in total. The molecule has 2 rings (SSSR count). The third-order valence-electron chi connectivity index (χ3n) is 3.19. The number of nitrogens with two attached hydrogens (primary N) is 1. The molecule has 1 amide bonds. The van der Waals surface area contributed by atoms with Crippen LogP contribution in [0.2, 0.25) is 0 Å². The molecule has 21 heavy (non-hydrogen) atoms. The summed E-state index contributed by atoms with van der Waals surface area (Å²) in [5.74, 6) is -0.491. The highest BCUT2D eigenvalue weighted by atomic mass is 32.2. The van der Waals surface area contributed by atoms with Crippen molar-refractivity contribution in [2.24, 2.45) is 5.73 Å². The van der Waals surface area contributed by atoms with Crippen LogP contribution in [-0.2, 0) is 11.3 Å². The summed E-state index contributed by atoms with van der Waals surface area (Å²) in [4.78, 5) is 12.3. The van der Waals surface area contributed by atoms with Crippen LogP contribution in [-0.4, -0.2) is 12.2 Å². The minimum Gasteiger partial charge on any atom is -0.381 e. The Morgan fingerprint density at radius 1 is 1.14 bits per heavy atom. The van der Waals surface area contributed by atoms with E-state index < -0.39 is 5.91 Å². The minimum absolute atomic E-state index is 0.335. The van der Waals surface area contributed by atoms with Crippen molar-refractivity contribution in [1.29, 1.82) is 0 Å². The Bertz CT molecular complexity index is 633. The maximum atomic E-state index is 11.1. The number of rotatable bonds is 6. The number of hydrogen-bond donors (Lipinski definition) is 2. The van der Waals surface area contributed by atoms with Crippen LogP contribution in [0.5, 0.6) is 0 Å². The Kier molecular flexibility index (Phi) is 5.06. The summed E-state index contributed by atoms with van der Waals surface area (Å²) in [7, 11) is 0. The van der Waals surface area contributed by atoms with Crippen molar-refractivity contribution in [2.75, 3.05) is 11.6 Å². The lowest BCUT2D eigenvalue weighted by atomic mass is 10.1. The monoisotopic (exact) mass is 298 g/mol. The van der Waals surface area contributed by atoms with Crippen molar-refractivity contribution in [2.45, 2.75) is 11.4 Å². The molecule has 0 aliphatic rings. The van der Waals surface area contributed by atoms with Crippen LogP contribution in [0.15, 0.2) is 60.0 Å². The highest BCUT2D eigenvalue weighted by Gasteiger charge is 2.04. The summed E-state index contributed by atoms with van der Waals surface area (Å²) in [5.41, 5.74) is 8.52. The Morgan fingerprint density at radius 2 is 1.76 bits per heavy atom. The number of carbonyl (C=O) groups excluding carboxylic acids is 1. The Morgan fingerprint density at radius 3 is 2.29 bits per heavy atom. The predicted octanol–water partition coefficient (Wildman–Crippen LogP) is 3.52. The van der Waals surface area contributed by atoms with Gasteiger partial charge in [0.2, 0.25) is 5.91 Å². The minimum atomic E-state index is -0.491. The van der Waals surface area contributed by atoms with E-state index in [0.29, 0.717) is 5.57 Å². The topological polar surface area (TPSA) is 55.1 Å². The number of carbonyl (C=O) groups is 1. The number of hydrogen-bond acceptors (Lipinski definition) is 3. The van der Waals surface area contributed by atoms with Gasteiger partial charge in [-0.1, -0.05) is 30.8 Å². The van der Waals surface area contributed by atoms with Crippen LogP contribution < -0.4 is 11.1 Å². The normalized spacial score (nSPS) is 10.1. The molecule has 0 bridgehead atoms. The zero-order valence-corrected chi connectivity index (χ0v) is 12.7. The molecule has 3 nitrogen and oxygen atoms in total. The zero-order valence-electron chi connectivity index (χ0n) is 11.9. The summed E-state index contributed by atoms with van der Waals surface area (Å²) >= 11 is 1.72. The van der Waals surface area contributed by atoms with E-state index in [1.165, 1.54) is 4.90 Å². The van der Waals surface area contributed by atoms with E-state index in [1.807, 2.05) is 24.3 Å². The number of thioether (sulfide) groups is 1. The van der Waals surface area contributed by atoms with E-state index in [0.717, 1.165) is 23.4 Å². The Balaban J connectivity index is 1.97. The van der Waals surface area contributed by atoms with Gasteiger partial charge in [0.05, 0.1) is 0 Å². The fourth-order valence-corrected chi connectivity index (χ4v) is 2.29. The first-order valence-corrected chi connectivity index (χ1v) is 7.78. The fraction of sp³-hybridized carbons (Fsp3) is 0.118. The fourth-order valence-electron chi connectivity index (χ4n) is 1.88. The van der Waals surface area contributed by atoms with Gasteiger partial charge in [-0.15, -0.1) is 11.8 Å². The van der Waals surface area contributed by atoms with Gasteiger partial charge in [-0.2, -0.15) is 0 Å². The lowest BCUT2D eigenvalue weighted by molar-refractivity contribution is -0.112. The van der Waals surface area contributed by atoms with E-state index in [4.69, 9.17) is 5.73 Å². The summed E-state index contributed by atoms with van der Waals surface area (Å²) in [5, 5.41) is 3.36. The molecule has 0 aromatic heterocycles. The van der Waals surface area contributed by atoms with Gasteiger partial charge in [-0.05, 0) is 41.6 Å². The number of anilines is 1. The summed E-state index contributed by atoms with van der Waals surface area (Å²) in [6.07, 6.45) is 2.06. The van der Waals surface area contributed by atoms with E-state index in [2.05, 4.69) is 42.4 Å². The van der Waals surface area contributed by atoms with Crippen LogP contribution >= 0.6 is 11.8 Å². The lowest BCUT2D eigenvalue weighted by Gasteiger charge is -2.08. The molecule has 0 spiro atoms. The van der Waals surface area contributed by atoms with Gasteiger partial charge >= 0.3 is 0 Å². The zero-order chi connectivity index (χ0) is 15.2. The second kappa shape index (κ2) is 6.99. The molecule has 0 saturated heterocycles. The van der Waals surface area contributed by atoms with Gasteiger partial charge < -0.3 is 11.1 Å². The van der Waals surface area contributed by atoms with E-state index in [-0.39, 0.29) is 0 Å². The van der Waals surface area contributed by atoms with Gasteiger partial charge in [0, 0.05) is 22.7 Å². The van der Waals surface area contributed by atoms with Crippen LogP contribution in [0, 0.1) is 0 Å². The molecule has 0 saturated carbocycles. The molecule has 0 aliphatic heterocycles. The van der Waals surface area contributed by atoms with Crippen molar-refractivity contribution < 1.29 is 4.79 Å². The molecular weight excluding hydrogens is 280 g/mol. The van der Waals surface area contributed by atoms with Crippen molar-refractivity contribution in [1.82, 2.24) is 0 Å². The molecule has 4 heteroatoms. The van der Waals surface area contributed by atoms with Gasteiger partial charge in [0.25, 0.3) is 0 Å². The largest absolute Gasteiger partial charge is 0.381 e. The Labute approximate surface area is 129 Å². The maximum absolute atomic E-state index is 11.1. The molecule has 0 fully saturated rings. The first kappa shape index (κ1) is 15.2. The van der Waals surface area contributed by atoms with Gasteiger partial charge in [-0.3, -0.25) is 4.79 Å². The third-order valence-corrected chi connectivity index (χ3v) is 3.93. The van der Waals surface area contributed by atoms with Crippen molar-refractivity contribution in [3.63, 3.8) is 0 Å². The molecule has 0 radical (unpaired) electrons.